The predicted molar refractivity (Wildman–Crippen MR) is 84.0 cm³/mol. The summed E-state index contributed by atoms with van der Waals surface area (Å²) < 4.78 is 40.2. The average Bonchev–Trinajstić information content (AvgIpc) is 2.75. The van der Waals surface area contributed by atoms with Crippen molar-refractivity contribution in [2.75, 3.05) is 11.8 Å². The lowest BCUT2D eigenvalue weighted by atomic mass is 10.3. The van der Waals surface area contributed by atoms with Crippen LogP contribution in [0.5, 0.6) is 0 Å². The molecule has 0 bridgehead atoms. The molecule has 0 saturated heterocycles. The number of anilines is 1. The molecule has 1 aromatic carbocycles. The van der Waals surface area contributed by atoms with Gasteiger partial charge in [-0.05, 0) is 38.2 Å². The maximum absolute atomic E-state index is 13.0. The van der Waals surface area contributed by atoms with Gasteiger partial charge in [0.25, 0.3) is 10.0 Å². The van der Waals surface area contributed by atoms with Crippen LogP contribution in [0, 0.1) is 12.7 Å². The van der Waals surface area contributed by atoms with Gasteiger partial charge in [-0.1, -0.05) is 11.6 Å². The van der Waals surface area contributed by atoms with Gasteiger partial charge in [-0.3, -0.25) is 4.72 Å². The number of nitrogens with one attached hydrogen (secondary N) is 2. The number of halogens is 2. The molecule has 21 heavy (non-hydrogen) atoms. The first-order chi connectivity index (χ1) is 9.83. The molecule has 0 aliphatic carbocycles. The lowest BCUT2D eigenvalue weighted by molar-refractivity contribution is 0.600. The van der Waals surface area contributed by atoms with Crippen LogP contribution in [0.2, 0.25) is 5.02 Å². The molecule has 0 fully saturated rings. The highest BCUT2D eigenvalue weighted by Gasteiger charge is 2.21. The first-order valence-electron chi connectivity index (χ1n) is 6.05. The van der Waals surface area contributed by atoms with E-state index in [4.69, 9.17) is 11.6 Å². The van der Waals surface area contributed by atoms with E-state index < -0.39 is 15.8 Å². The summed E-state index contributed by atoms with van der Waals surface area (Å²) in [5, 5.41) is 2.99. The Morgan fingerprint density at radius 2 is 2.05 bits per heavy atom. The van der Waals surface area contributed by atoms with Crippen LogP contribution in [-0.2, 0) is 16.6 Å². The van der Waals surface area contributed by atoms with Gasteiger partial charge in [-0.15, -0.1) is 11.3 Å². The molecule has 1 aromatic heterocycles. The molecular formula is C13H14ClFN2O2S2. The molecule has 2 aromatic rings. The maximum atomic E-state index is 13.0. The zero-order valence-corrected chi connectivity index (χ0v) is 13.8. The van der Waals surface area contributed by atoms with Gasteiger partial charge in [-0.25, -0.2) is 12.8 Å². The minimum absolute atomic E-state index is 0.0157. The normalized spacial score (nSPS) is 11.6. The summed E-state index contributed by atoms with van der Waals surface area (Å²) in [5.41, 5.74) is 0.152. The molecule has 0 radical (unpaired) electrons. The van der Waals surface area contributed by atoms with Crippen LogP contribution in [0.15, 0.2) is 29.2 Å². The van der Waals surface area contributed by atoms with Gasteiger partial charge in [0.2, 0.25) is 0 Å². The van der Waals surface area contributed by atoms with Crippen molar-refractivity contribution in [1.29, 1.82) is 0 Å². The molecule has 0 aliphatic rings. The largest absolute Gasteiger partial charge is 0.315 e. The average molecular weight is 349 g/mol. The van der Waals surface area contributed by atoms with Crippen LogP contribution in [-0.4, -0.2) is 15.5 Å². The zero-order valence-electron chi connectivity index (χ0n) is 11.4. The van der Waals surface area contributed by atoms with Gasteiger partial charge < -0.3 is 5.32 Å². The minimum atomic E-state index is -3.75. The number of hydrogen-bond donors (Lipinski definition) is 2. The highest BCUT2D eigenvalue weighted by atomic mass is 35.5. The molecule has 0 aliphatic heterocycles. The van der Waals surface area contributed by atoms with E-state index in [0.29, 0.717) is 11.4 Å². The molecule has 2 rings (SSSR count). The number of benzene rings is 1. The number of aryl methyl sites for hydroxylation is 1. The third-order valence-corrected chi connectivity index (χ3v) is 5.72. The fourth-order valence-electron chi connectivity index (χ4n) is 1.82. The number of sulfonamides is 1. The molecule has 114 valence electrons. The first kappa shape index (κ1) is 16.2. The van der Waals surface area contributed by atoms with Crippen LogP contribution in [0.4, 0.5) is 10.1 Å². The molecule has 4 nitrogen and oxygen atoms in total. The van der Waals surface area contributed by atoms with E-state index in [2.05, 4.69) is 10.0 Å². The van der Waals surface area contributed by atoms with Crippen LogP contribution < -0.4 is 10.0 Å². The smallest absolute Gasteiger partial charge is 0.263 e. The Hall–Kier alpha value is -1.15. The molecule has 0 atom stereocenters. The monoisotopic (exact) mass is 348 g/mol. The van der Waals surface area contributed by atoms with E-state index in [1.165, 1.54) is 17.4 Å². The molecular weight excluding hydrogens is 335 g/mol. The zero-order chi connectivity index (χ0) is 15.6. The summed E-state index contributed by atoms with van der Waals surface area (Å²) in [6.45, 7) is 2.34. The summed E-state index contributed by atoms with van der Waals surface area (Å²) in [4.78, 5) is 1.81. The van der Waals surface area contributed by atoms with Crippen molar-refractivity contribution in [3.8, 4) is 0 Å². The number of rotatable bonds is 5. The van der Waals surface area contributed by atoms with Gasteiger partial charge in [0.1, 0.15) is 10.7 Å². The van der Waals surface area contributed by atoms with Crippen LogP contribution in [0.25, 0.3) is 0 Å². The van der Waals surface area contributed by atoms with Crippen LogP contribution in [0.3, 0.4) is 0 Å². The van der Waals surface area contributed by atoms with Gasteiger partial charge in [-0.2, -0.15) is 0 Å². The van der Waals surface area contributed by atoms with E-state index in [0.717, 1.165) is 17.0 Å². The maximum Gasteiger partial charge on any atom is 0.263 e. The van der Waals surface area contributed by atoms with E-state index in [1.54, 1.807) is 20.0 Å². The van der Waals surface area contributed by atoms with Gasteiger partial charge >= 0.3 is 0 Å². The Balaban J connectivity index is 2.34. The third kappa shape index (κ3) is 3.74. The molecule has 0 spiro atoms. The Morgan fingerprint density at radius 1 is 1.33 bits per heavy atom. The SMILES string of the molecule is CNCc1cc(S(=O)(=O)Nc2ccc(F)cc2Cl)c(C)s1. The van der Waals surface area contributed by atoms with Crippen molar-refractivity contribution < 1.29 is 12.8 Å². The Morgan fingerprint density at radius 3 is 2.67 bits per heavy atom. The van der Waals surface area contributed by atoms with E-state index in [1.807, 2.05) is 0 Å². The summed E-state index contributed by atoms with van der Waals surface area (Å²) in [6.07, 6.45) is 0. The Labute approximate surface area is 132 Å². The van der Waals surface area contributed by atoms with Crippen molar-refractivity contribution in [2.45, 2.75) is 18.4 Å². The topological polar surface area (TPSA) is 58.2 Å². The Kier molecular flexibility index (Phi) is 4.88. The molecule has 0 amide bonds. The molecule has 1 heterocycles. The third-order valence-electron chi connectivity index (χ3n) is 2.74. The fourth-order valence-corrected chi connectivity index (χ4v) is 4.82. The second-order valence-electron chi connectivity index (χ2n) is 4.39. The standard InChI is InChI=1S/C13H14ClFN2O2S2/c1-8-13(6-10(20-8)7-16-2)21(18,19)17-12-4-3-9(15)5-11(12)14/h3-6,16-17H,7H2,1-2H3. The van der Waals surface area contributed by atoms with Crippen LogP contribution >= 0.6 is 22.9 Å². The van der Waals surface area contributed by atoms with Crippen molar-refractivity contribution in [3.05, 3.63) is 44.9 Å². The van der Waals surface area contributed by atoms with Crippen LogP contribution in [0.1, 0.15) is 9.75 Å². The summed E-state index contributed by atoms with van der Waals surface area (Å²) in [7, 11) is -1.96. The predicted octanol–water partition coefficient (Wildman–Crippen LogP) is 3.37. The minimum Gasteiger partial charge on any atom is -0.315 e. The van der Waals surface area contributed by atoms with E-state index >= 15 is 0 Å². The second-order valence-corrected chi connectivity index (χ2v) is 7.79. The lowest BCUT2D eigenvalue weighted by Gasteiger charge is -2.09. The second kappa shape index (κ2) is 6.31. The highest BCUT2D eigenvalue weighted by Crippen LogP contribution is 2.30. The Bertz CT molecular complexity index is 760. The lowest BCUT2D eigenvalue weighted by Crippen LogP contribution is -2.13. The van der Waals surface area contributed by atoms with E-state index in [-0.39, 0.29) is 15.6 Å². The van der Waals surface area contributed by atoms with Crippen molar-refractivity contribution in [1.82, 2.24) is 5.32 Å². The quantitative estimate of drug-likeness (QED) is 0.871. The van der Waals surface area contributed by atoms with Gasteiger partial charge in [0.05, 0.1) is 10.7 Å². The molecule has 8 heteroatoms. The van der Waals surface area contributed by atoms with E-state index in [9.17, 15) is 12.8 Å². The fraction of sp³-hybridized carbons (Fsp3) is 0.231. The van der Waals surface area contributed by atoms with Gasteiger partial charge in [0, 0.05) is 16.3 Å². The highest BCUT2D eigenvalue weighted by molar-refractivity contribution is 7.93. The van der Waals surface area contributed by atoms with Gasteiger partial charge in [0.15, 0.2) is 0 Å². The van der Waals surface area contributed by atoms with Crippen molar-refractivity contribution in [3.63, 3.8) is 0 Å². The first-order valence-corrected chi connectivity index (χ1v) is 8.73. The van der Waals surface area contributed by atoms with Crippen molar-refractivity contribution >= 4 is 38.6 Å². The summed E-state index contributed by atoms with van der Waals surface area (Å²) in [6, 6.07) is 5.13. The van der Waals surface area contributed by atoms with Crippen molar-refractivity contribution in [2.24, 2.45) is 0 Å². The molecule has 2 N–H and O–H groups in total. The number of thiophene rings is 1. The number of hydrogen-bond acceptors (Lipinski definition) is 4. The summed E-state index contributed by atoms with van der Waals surface area (Å²) >= 11 is 7.25. The summed E-state index contributed by atoms with van der Waals surface area (Å²) in [5.74, 6) is -0.522. The molecule has 0 saturated carbocycles. The molecule has 0 unspecified atom stereocenters.